The first-order chi connectivity index (χ1) is 71.2. The molecule has 0 saturated heterocycles. The lowest BCUT2D eigenvalue weighted by Gasteiger charge is -2.31. The normalized spacial score (nSPS) is 16.7. The topological polar surface area (TPSA) is 283 Å². The molecule has 27 nitrogen and oxygen atoms in total. The lowest BCUT2D eigenvalue weighted by atomic mass is 9.95. The molecule has 146 heavy (non-hydrogen) atoms. The number of ketones is 8. The van der Waals surface area contributed by atoms with E-state index >= 15 is 0 Å². The largest absolute Gasteiger partial charge is 0.395 e. The summed E-state index contributed by atoms with van der Waals surface area (Å²) in [4.78, 5) is 127. The average Bonchev–Trinajstić information content (AvgIpc) is 1.60. The molecule has 0 radical (unpaired) electrons. The Hall–Kier alpha value is -14.5. The first-order valence-corrected chi connectivity index (χ1v) is 50.6. The fourth-order valence-electron chi connectivity index (χ4n) is 21.6. The summed E-state index contributed by atoms with van der Waals surface area (Å²) in [6.07, 6.45) is 10.5. The average molecular weight is 2000 g/mol. The number of nitrogens with zero attached hydrogens (tertiary/aromatic N) is 12. The number of hydrogen-bond donors (Lipinski definition) is 2. The van der Waals surface area contributed by atoms with Crippen molar-refractivity contribution in [3.05, 3.63) is 315 Å². The van der Waals surface area contributed by atoms with E-state index in [0.29, 0.717) is 144 Å². The van der Waals surface area contributed by atoms with Gasteiger partial charge in [0.15, 0.2) is 46.3 Å². The second-order valence-corrected chi connectivity index (χ2v) is 38.7. The summed E-state index contributed by atoms with van der Waals surface area (Å²) in [5.74, 6) is -1.55. The van der Waals surface area contributed by atoms with Gasteiger partial charge in [0.05, 0.1) is 114 Å². The van der Waals surface area contributed by atoms with E-state index in [4.69, 9.17) is 47.3 Å². The molecule has 0 unspecified atom stereocenters. The molecule has 10 heterocycles. The number of para-hydroxylation sites is 6. The Morgan fingerprint density at radius 1 is 0.411 bits per heavy atom. The van der Waals surface area contributed by atoms with Crippen molar-refractivity contribution in [2.24, 2.45) is 7.05 Å². The van der Waals surface area contributed by atoms with Gasteiger partial charge in [0.1, 0.15) is 12.2 Å². The van der Waals surface area contributed by atoms with Gasteiger partial charge in [-0.1, -0.05) is 176 Å². The van der Waals surface area contributed by atoms with Gasteiger partial charge in [-0.2, -0.15) is 5.10 Å². The fraction of sp³-hybridized carbons (Fsp3) is 0.282. The number of aliphatic hydroxyl groups excluding tert-OH is 1. The van der Waals surface area contributed by atoms with Crippen molar-refractivity contribution in [3.8, 4) is 0 Å². The molecule has 3 aliphatic heterocycles. The van der Waals surface area contributed by atoms with Gasteiger partial charge in [-0.3, -0.25) is 57.6 Å². The molecule has 1 amide bonds. The highest BCUT2D eigenvalue weighted by Crippen LogP contribution is 2.49. The van der Waals surface area contributed by atoms with Crippen LogP contribution >= 0.6 is 23.2 Å². The highest BCUT2D eigenvalue weighted by atomic mass is 35.5. The predicted molar refractivity (Wildman–Crippen MR) is 571 cm³/mol. The number of rotatable bonds is 14. The summed E-state index contributed by atoms with van der Waals surface area (Å²) < 4.78 is 38.1. The summed E-state index contributed by atoms with van der Waals surface area (Å²) in [5, 5.41) is 23.7. The minimum absolute atomic E-state index is 0.0681. The number of benzene rings is 9. The number of ether oxygens (including phenoxy) is 4. The highest BCUT2D eigenvalue weighted by Gasteiger charge is 2.44. The van der Waals surface area contributed by atoms with Crippen LogP contribution in [0.3, 0.4) is 0 Å². The number of amides is 1. The van der Waals surface area contributed by atoms with Crippen LogP contribution in [0.4, 0.5) is 5.69 Å². The predicted octanol–water partition coefficient (Wildman–Crippen LogP) is 17.3. The van der Waals surface area contributed by atoms with E-state index in [-0.39, 0.29) is 103 Å². The summed E-state index contributed by atoms with van der Waals surface area (Å²) in [6, 6.07) is 71.4. The smallest absolute Gasteiger partial charge is 0.241 e. The molecule has 23 rings (SSSR count). The van der Waals surface area contributed by atoms with E-state index < -0.39 is 0 Å². The Kier molecular flexibility index (Phi) is 29.7. The van der Waals surface area contributed by atoms with Gasteiger partial charge in [-0.25, -0.2) is 0 Å². The van der Waals surface area contributed by atoms with E-state index in [1.807, 2.05) is 169 Å². The van der Waals surface area contributed by atoms with Crippen molar-refractivity contribution in [3.63, 3.8) is 0 Å². The second-order valence-electron chi connectivity index (χ2n) is 37.9. The van der Waals surface area contributed by atoms with Crippen LogP contribution in [0.1, 0.15) is 89.4 Å². The van der Waals surface area contributed by atoms with Crippen LogP contribution in [0.5, 0.6) is 0 Å². The highest BCUT2D eigenvalue weighted by molar-refractivity contribution is 6.55. The van der Waals surface area contributed by atoms with Crippen molar-refractivity contribution in [1.82, 2.24) is 57.2 Å². The lowest BCUT2D eigenvalue weighted by Crippen LogP contribution is -2.31. The molecule has 0 fully saturated rings. The van der Waals surface area contributed by atoms with E-state index in [9.17, 15) is 43.2 Å². The maximum atomic E-state index is 13.6. The molecule has 4 aliphatic carbocycles. The number of nitrogens with one attached hydrogen (secondary N) is 1. The zero-order valence-electron chi connectivity index (χ0n) is 82.1. The van der Waals surface area contributed by atoms with Crippen molar-refractivity contribution < 1.29 is 67.2 Å². The molecule has 9 aromatic carbocycles. The Morgan fingerprint density at radius 2 is 0.842 bits per heavy atom. The molecule has 2 N–H and O–H groups in total. The minimum Gasteiger partial charge on any atom is -0.395 e. The number of aromatic nitrogens is 8. The van der Waals surface area contributed by atoms with Crippen molar-refractivity contribution in [1.29, 1.82) is 0 Å². The van der Waals surface area contributed by atoms with Gasteiger partial charge >= 0.3 is 0 Å². The third-order valence-electron chi connectivity index (χ3n) is 28.4. The summed E-state index contributed by atoms with van der Waals surface area (Å²) in [6.45, 7) is 16.7. The Labute approximate surface area is 853 Å². The van der Waals surface area contributed by atoms with Gasteiger partial charge in [0.2, 0.25) is 5.91 Å². The third kappa shape index (κ3) is 20.1. The van der Waals surface area contributed by atoms with Crippen LogP contribution < -0.4 is 10.2 Å². The molecule has 0 atom stereocenters. The maximum Gasteiger partial charge on any atom is 0.241 e. The van der Waals surface area contributed by atoms with Crippen LogP contribution in [-0.2, 0) is 122 Å². The molecule has 7 aromatic heterocycles. The van der Waals surface area contributed by atoms with Crippen LogP contribution in [0.25, 0.3) is 115 Å². The number of allylic oxidation sites excluding steroid dienone is 8. The monoisotopic (exact) mass is 1990 g/mol. The number of likely N-dealkylation sites (N-methyl/N-ethyl adjacent to an activating group) is 1. The van der Waals surface area contributed by atoms with Crippen molar-refractivity contribution >= 4 is 196 Å². The van der Waals surface area contributed by atoms with Gasteiger partial charge < -0.3 is 66.6 Å². The summed E-state index contributed by atoms with van der Waals surface area (Å²) >= 11 is 12.5. The standard InChI is InChI=1S/C36H35N3O4.C31H33N3O4.C25H21ClN4O4.C25H24ClN3O2/c40-33-22-34(41)36-30-25-39(32-13-7-5-11-28(30)32)17-19-43-21-20-42-18-16-37(23-26-8-2-1-3-9-26)14-15-38-24-29(35(33)36)27-10-4-6-12-31(27)38;1-2-32-11-12-33-20-24(22-7-3-5-9-26(22)33)30-28(35)19-29(36)31(30)25-21-34(27-10-6-4-8-23(25)27)14-16-38-18-17-37-15-13-32;1-29-12-17(16-10-14(26)6-7-18(16)29)23-20(32)11-21(33)24(23)25-15-4-2-3-5-19(15)30(28-25)13-22(34)27-8-9-31;1-27(2)11-6-12-28-19-10-4-3-9-18(19)23-20(28)15-29(17-8-5-7-16(26)13-17)25-22(31)14-21(30)24(23)25/h1-13,24-25H,14-23H2;3-10,20-21H,2,11-19H2,1H3;2-7,10,12,31H,8-9,11,13H2,1H3,(H,27,34);3-5,7-10,13H,6,11-12,14-15H2,1-2H3. The van der Waals surface area contributed by atoms with E-state index in [2.05, 4.69) is 154 Å². The zero-order valence-corrected chi connectivity index (χ0v) is 83.6. The first-order valence-electron chi connectivity index (χ1n) is 49.9. The number of aryl methyl sites for hydroxylation is 2. The van der Waals surface area contributed by atoms with Gasteiger partial charge in [-0.15, -0.1) is 0 Å². The molecule has 0 saturated carbocycles. The molecule has 0 spiro atoms. The fourth-order valence-corrected chi connectivity index (χ4v) is 22.0. The Bertz CT molecular complexity index is 8010. The quantitative estimate of drug-likeness (QED) is 0.0957. The lowest BCUT2D eigenvalue weighted by molar-refractivity contribution is -0.122. The minimum atomic E-state index is -0.319. The van der Waals surface area contributed by atoms with E-state index in [0.717, 1.165) is 176 Å². The van der Waals surface area contributed by atoms with Crippen LogP contribution in [0, 0.1) is 0 Å². The zero-order chi connectivity index (χ0) is 101. The summed E-state index contributed by atoms with van der Waals surface area (Å²) in [5.41, 5.74) is 19.0. The second kappa shape index (κ2) is 43.8. The summed E-state index contributed by atoms with van der Waals surface area (Å²) in [7, 11) is 6.02. The number of hydrogen-bond acceptors (Lipinski definition) is 19. The van der Waals surface area contributed by atoms with Crippen LogP contribution in [0.2, 0.25) is 10.0 Å². The molecule has 8 bridgehead atoms. The number of anilines is 1. The number of carbonyl (C=O) groups is 9. The molecule has 7 aliphatic rings. The maximum absolute atomic E-state index is 13.6. The molecule has 16 aromatic rings. The van der Waals surface area contributed by atoms with E-state index in [1.165, 1.54) is 10.2 Å². The SMILES string of the molecule is CCN1CCOCCOCCn2cc(c3ccccc32)C2=C(C(=O)CC2=O)c2cn(c3ccccc23)CC1.CN(C)CCCn1c2c(c3ccccc31)C1=C(C(=O)CC1=O)N(c1cccc(Cl)c1)C2.Cn1cc(C2=C(c3nn(CC(=O)NCCO)c4ccccc34)C(=O)CC2=O)c2cc(Cl)ccc21.O=C1CC(=O)C2=C1c1cn(c3ccccc13)CCOCCOCCN(Cc1ccccc1)CCn1cc2c2ccccc21. The molecular formula is C117H113Cl2N13O14. The third-order valence-corrected chi connectivity index (χ3v) is 28.9. The molecular weight excluding hydrogens is 1880 g/mol. The van der Waals surface area contributed by atoms with Gasteiger partial charge in [-0.05, 0) is 112 Å². The number of fused-ring (bicyclic) bond motifs is 30. The first kappa shape index (κ1) is 98.9. The van der Waals surface area contributed by atoms with Crippen LogP contribution in [-0.4, -0.2) is 229 Å². The molecule has 744 valence electrons. The number of aliphatic hydroxyl groups is 1. The van der Waals surface area contributed by atoms with Crippen LogP contribution in [0.15, 0.2) is 255 Å². The Balaban J connectivity index is 0.000000119. The molecule has 29 heteroatoms. The van der Waals surface area contributed by atoms with Gasteiger partial charge in [0.25, 0.3) is 0 Å². The van der Waals surface area contributed by atoms with E-state index in [1.54, 1.807) is 12.1 Å². The van der Waals surface area contributed by atoms with Gasteiger partial charge in [0, 0.05) is 264 Å². The Morgan fingerprint density at radius 3 is 1.36 bits per heavy atom. The van der Waals surface area contributed by atoms with Crippen molar-refractivity contribution in [2.45, 2.75) is 91.4 Å². The number of halogens is 2. The van der Waals surface area contributed by atoms with Crippen molar-refractivity contribution in [2.75, 3.05) is 124 Å². The number of carbonyl (C=O) groups excluding carboxylic acids is 9. The number of Topliss-reactive ketones (excluding diaryl/α,β-unsaturated/α-hetero) is 8.